The standard InChI is InChI=1S/C27H18F3N3O3/c28-27(29,30)26(34)36-25-21-12-20(17-4-2-1-3-5-17)23(18-8-6-16(13-31)7-9-18)33-24(21)22(14-32-25)19-10-11-35-15-19/h1-12,14-15H,13,31H2. The van der Waals surface area contributed by atoms with E-state index in [1.165, 1.54) is 18.7 Å². The third-order valence-corrected chi connectivity index (χ3v) is 5.62. The van der Waals surface area contributed by atoms with E-state index in [9.17, 15) is 18.0 Å². The highest BCUT2D eigenvalue weighted by Gasteiger charge is 2.42. The number of pyridine rings is 2. The number of halogens is 3. The summed E-state index contributed by atoms with van der Waals surface area (Å²) < 4.78 is 48.8. The number of ether oxygens (including phenoxy) is 1. The molecule has 0 saturated carbocycles. The molecule has 0 bridgehead atoms. The van der Waals surface area contributed by atoms with Gasteiger partial charge in [0.2, 0.25) is 5.88 Å². The lowest BCUT2D eigenvalue weighted by Crippen LogP contribution is -2.28. The summed E-state index contributed by atoms with van der Waals surface area (Å²) in [7, 11) is 0. The van der Waals surface area contributed by atoms with E-state index in [2.05, 4.69) is 9.72 Å². The van der Waals surface area contributed by atoms with Gasteiger partial charge in [-0.1, -0.05) is 54.6 Å². The van der Waals surface area contributed by atoms with Gasteiger partial charge in [-0.05, 0) is 23.3 Å². The number of alkyl halides is 3. The van der Waals surface area contributed by atoms with Gasteiger partial charge in [0, 0.05) is 35.0 Å². The van der Waals surface area contributed by atoms with Crippen LogP contribution in [0.1, 0.15) is 5.56 Å². The van der Waals surface area contributed by atoms with Gasteiger partial charge in [0.25, 0.3) is 0 Å². The Labute approximate surface area is 203 Å². The maximum Gasteiger partial charge on any atom is 0.491 e. The number of aromatic nitrogens is 2. The molecule has 0 spiro atoms. The molecule has 0 fully saturated rings. The van der Waals surface area contributed by atoms with Gasteiger partial charge >= 0.3 is 12.1 Å². The van der Waals surface area contributed by atoms with Gasteiger partial charge in [-0.2, -0.15) is 13.2 Å². The summed E-state index contributed by atoms with van der Waals surface area (Å²) >= 11 is 0. The first-order valence-electron chi connectivity index (χ1n) is 10.9. The van der Waals surface area contributed by atoms with E-state index in [1.54, 1.807) is 12.1 Å². The van der Waals surface area contributed by atoms with Crippen molar-refractivity contribution in [3.8, 4) is 39.4 Å². The van der Waals surface area contributed by atoms with Gasteiger partial charge in [-0.15, -0.1) is 0 Å². The van der Waals surface area contributed by atoms with E-state index < -0.39 is 18.0 Å². The van der Waals surface area contributed by atoms with Crippen molar-refractivity contribution in [1.82, 2.24) is 9.97 Å². The van der Waals surface area contributed by atoms with E-state index in [1.807, 2.05) is 54.6 Å². The molecule has 9 heteroatoms. The molecule has 6 nitrogen and oxygen atoms in total. The molecular weight excluding hydrogens is 471 g/mol. The first kappa shape index (κ1) is 23.3. The van der Waals surface area contributed by atoms with Gasteiger partial charge in [0.15, 0.2) is 0 Å². The van der Waals surface area contributed by atoms with E-state index in [0.717, 1.165) is 16.7 Å². The van der Waals surface area contributed by atoms with E-state index in [0.29, 0.717) is 34.4 Å². The van der Waals surface area contributed by atoms with Gasteiger partial charge in [-0.25, -0.2) is 14.8 Å². The molecule has 0 saturated heterocycles. The summed E-state index contributed by atoms with van der Waals surface area (Å²) in [6, 6.07) is 20.1. The lowest BCUT2D eigenvalue weighted by atomic mass is 9.96. The van der Waals surface area contributed by atoms with E-state index >= 15 is 0 Å². The zero-order valence-electron chi connectivity index (χ0n) is 18.6. The molecule has 3 aromatic heterocycles. The van der Waals surface area contributed by atoms with Crippen molar-refractivity contribution in [3.05, 3.63) is 91.0 Å². The third kappa shape index (κ3) is 4.44. The lowest BCUT2D eigenvalue weighted by molar-refractivity contribution is -0.189. The second-order valence-electron chi connectivity index (χ2n) is 7.92. The minimum absolute atomic E-state index is 0.146. The molecule has 0 unspecified atom stereocenters. The Bertz CT molecular complexity index is 1530. The highest BCUT2D eigenvalue weighted by Crippen LogP contribution is 2.39. The highest BCUT2D eigenvalue weighted by atomic mass is 19.4. The normalized spacial score (nSPS) is 11.6. The summed E-state index contributed by atoms with van der Waals surface area (Å²) in [6.07, 6.45) is -0.940. The number of carbonyl (C=O) groups is 1. The quantitative estimate of drug-likeness (QED) is 0.298. The van der Waals surface area contributed by atoms with Crippen LogP contribution in [0, 0.1) is 0 Å². The fourth-order valence-electron chi connectivity index (χ4n) is 3.85. The highest BCUT2D eigenvalue weighted by molar-refractivity contribution is 6.01. The minimum Gasteiger partial charge on any atom is -0.472 e. The topological polar surface area (TPSA) is 91.2 Å². The van der Waals surface area contributed by atoms with Crippen LogP contribution in [-0.4, -0.2) is 22.1 Å². The number of fused-ring (bicyclic) bond motifs is 1. The smallest absolute Gasteiger partial charge is 0.472 e. The van der Waals surface area contributed by atoms with Crippen LogP contribution >= 0.6 is 0 Å². The Balaban J connectivity index is 1.81. The summed E-state index contributed by atoms with van der Waals surface area (Å²) in [5.41, 5.74) is 10.9. The van der Waals surface area contributed by atoms with Crippen LogP contribution in [-0.2, 0) is 11.3 Å². The molecule has 180 valence electrons. The Kier molecular flexibility index (Phi) is 5.99. The van der Waals surface area contributed by atoms with Crippen molar-refractivity contribution in [2.24, 2.45) is 5.73 Å². The third-order valence-electron chi connectivity index (χ3n) is 5.62. The number of hydrogen-bond donors (Lipinski definition) is 1. The molecule has 3 heterocycles. The molecule has 5 aromatic rings. The average Bonchev–Trinajstić information content (AvgIpc) is 3.43. The van der Waals surface area contributed by atoms with Crippen LogP contribution in [0.4, 0.5) is 13.2 Å². The van der Waals surface area contributed by atoms with Gasteiger partial charge in [0.1, 0.15) is 0 Å². The van der Waals surface area contributed by atoms with Gasteiger partial charge in [0.05, 0.1) is 29.1 Å². The molecule has 0 aliphatic rings. The zero-order chi connectivity index (χ0) is 25.3. The van der Waals surface area contributed by atoms with Crippen LogP contribution in [0.15, 0.2) is 89.9 Å². The molecular formula is C27H18F3N3O3. The SMILES string of the molecule is NCc1ccc(-c2nc3c(-c4ccoc4)cnc(OC(=O)C(F)(F)F)c3cc2-c2ccccc2)cc1. The van der Waals surface area contributed by atoms with Crippen molar-refractivity contribution in [2.75, 3.05) is 0 Å². The first-order chi connectivity index (χ1) is 17.3. The van der Waals surface area contributed by atoms with Gasteiger partial charge in [-0.3, -0.25) is 0 Å². The Hall–Kier alpha value is -4.50. The van der Waals surface area contributed by atoms with Crippen LogP contribution in [0.2, 0.25) is 0 Å². The van der Waals surface area contributed by atoms with Crippen LogP contribution in [0.25, 0.3) is 44.4 Å². The maximum atomic E-state index is 13.0. The summed E-state index contributed by atoms with van der Waals surface area (Å²) in [4.78, 5) is 20.6. The van der Waals surface area contributed by atoms with Crippen LogP contribution < -0.4 is 10.5 Å². The molecule has 0 radical (unpaired) electrons. The lowest BCUT2D eigenvalue weighted by Gasteiger charge is -2.16. The second-order valence-corrected chi connectivity index (χ2v) is 7.92. The second kappa shape index (κ2) is 9.27. The Morgan fingerprint density at radius 3 is 2.33 bits per heavy atom. The van der Waals surface area contributed by atoms with Crippen LogP contribution in [0.5, 0.6) is 5.88 Å². The number of nitrogens with zero attached hydrogens (tertiary/aromatic N) is 2. The van der Waals surface area contributed by atoms with E-state index in [4.69, 9.17) is 15.1 Å². The molecule has 2 N–H and O–H groups in total. The Morgan fingerprint density at radius 1 is 0.944 bits per heavy atom. The van der Waals surface area contributed by atoms with Crippen molar-refractivity contribution in [1.29, 1.82) is 0 Å². The maximum absolute atomic E-state index is 13.0. The first-order valence-corrected chi connectivity index (χ1v) is 10.9. The number of carbonyl (C=O) groups excluding carboxylic acids is 1. The van der Waals surface area contributed by atoms with Crippen molar-refractivity contribution < 1.29 is 27.1 Å². The number of hydrogen-bond acceptors (Lipinski definition) is 6. The predicted molar refractivity (Wildman–Crippen MR) is 128 cm³/mol. The number of furan rings is 1. The predicted octanol–water partition coefficient (Wildman–Crippen LogP) is 6.15. The average molecular weight is 489 g/mol. The largest absolute Gasteiger partial charge is 0.491 e. The Morgan fingerprint density at radius 2 is 1.69 bits per heavy atom. The number of rotatable bonds is 5. The fraction of sp³-hybridized carbons (Fsp3) is 0.0741. The van der Waals surface area contributed by atoms with Crippen LogP contribution in [0.3, 0.4) is 0 Å². The van der Waals surface area contributed by atoms with E-state index in [-0.39, 0.29) is 5.39 Å². The molecule has 2 aromatic carbocycles. The summed E-state index contributed by atoms with van der Waals surface area (Å²) in [6.45, 7) is 0.376. The number of esters is 1. The molecule has 36 heavy (non-hydrogen) atoms. The van der Waals surface area contributed by atoms with Crippen molar-refractivity contribution >= 4 is 16.9 Å². The fourth-order valence-corrected chi connectivity index (χ4v) is 3.85. The zero-order valence-corrected chi connectivity index (χ0v) is 18.6. The molecule has 0 aliphatic carbocycles. The summed E-state index contributed by atoms with van der Waals surface area (Å²) in [5, 5.41) is 0.146. The number of nitrogens with two attached hydrogens (primary N) is 1. The molecule has 0 aliphatic heterocycles. The molecule has 5 rings (SSSR count). The van der Waals surface area contributed by atoms with Crippen molar-refractivity contribution in [2.45, 2.75) is 12.7 Å². The monoisotopic (exact) mass is 489 g/mol. The molecule has 0 atom stereocenters. The van der Waals surface area contributed by atoms with Gasteiger partial charge < -0.3 is 14.9 Å². The number of benzene rings is 2. The van der Waals surface area contributed by atoms with Crippen molar-refractivity contribution in [3.63, 3.8) is 0 Å². The minimum atomic E-state index is -5.18. The summed E-state index contributed by atoms with van der Waals surface area (Å²) in [5.74, 6) is -2.86. The molecule has 0 amide bonds.